The van der Waals surface area contributed by atoms with Crippen molar-refractivity contribution >= 4 is 17.9 Å². The van der Waals surface area contributed by atoms with Crippen LogP contribution in [0.25, 0.3) is 5.69 Å². The second kappa shape index (κ2) is 6.67. The molecular weight excluding hydrogens is 341 g/mol. The first-order valence-electron chi connectivity index (χ1n) is 7.55. The third kappa shape index (κ3) is 3.25. The van der Waals surface area contributed by atoms with Crippen LogP contribution in [0.1, 0.15) is 21.6 Å². The van der Waals surface area contributed by atoms with Gasteiger partial charge < -0.3 is 10.2 Å². The third-order valence-corrected chi connectivity index (χ3v) is 3.76. The van der Waals surface area contributed by atoms with Gasteiger partial charge in [-0.1, -0.05) is 0 Å². The first-order valence-corrected chi connectivity index (χ1v) is 7.55. The van der Waals surface area contributed by atoms with Crippen molar-refractivity contribution in [3.05, 3.63) is 75.5 Å². The summed E-state index contributed by atoms with van der Waals surface area (Å²) in [4.78, 5) is 27.7. The van der Waals surface area contributed by atoms with E-state index >= 15 is 0 Å². The smallest absolute Gasteiger partial charge is 0.339 e. The molecule has 0 saturated heterocycles. The van der Waals surface area contributed by atoms with Gasteiger partial charge in [0.05, 0.1) is 16.9 Å². The largest absolute Gasteiger partial charge is 0.507 e. The molecule has 0 unspecified atom stereocenters. The molecule has 0 fully saturated rings. The number of aromatic hydroxyl groups is 1. The molecule has 3 aromatic rings. The molecule has 26 heavy (non-hydrogen) atoms. The van der Waals surface area contributed by atoms with Crippen molar-refractivity contribution in [3.8, 4) is 11.4 Å². The zero-order valence-corrected chi connectivity index (χ0v) is 13.6. The maximum Gasteiger partial charge on any atom is 0.339 e. The number of nitrogens with zero attached hydrogens (tertiary/aromatic N) is 2. The number of benzene rings is 2. The van der Waals surface area contributed by atoms with Gasteiger partial charge in [-0.3, -0.25) is 14.9 Å². The first kappa shape index (κ1) is 17.2. The quantitative estimate of drug-likeness (QED) is 0.625. The predicted molar refractivity (Wildman–Crippen MR) is 93.4 cm³/mol. The summed E-state index contributed by atoms with van der Waals surface area (Å²) in [7, 11) is 0. The van der Waals surface area contributed by atoms with Crippen LogP contribution in [-0.2, 0) is 0 Å². The molecule has 7 nitrogen and oxygen atoms in total. The highest BCUT2D eigenvalue weighted by Gasteiger charge is 2.12. The maximum absolute atomic E-state index is 13.0. The van der Waals surface area contributed by atoms with Crippen molar-refractivity contribution in [1.82, 2.24) is 9.78 Å². The minimum atomic E-state index is -1.28. The molecule has 0 aliphatic heterocycles. The van der Waals surface area contributed by atoms with Gasteiger partial charge >= 0.3 is 5.97 Å². The topological polar surface area (TPSA) is 108 Å². The fourth-order valence-corrected chi connectivity index (χ4v) is 2.40. The van der Waals surface area contributed by atoms with E-state index in [0.29, 0.717) is 11.4 Å². The standard InChI is InChI=1S/C18H14FN3O4/c1-10-15(9-20-12-4-7-16(23)14(8-12)18(25)26)17(24)22(21-10)13-5-2-11(19)3-6-13/h2-9,21,23H,1H3,(H,25,26). The van der Waals surface area contributed by atoms with Gasteiger partial charge in [0.15, 0.2) is 0 Å². The molecule has 0 atom stereocenters. The molecule has 0 radical (unpaired) electrons. The maximum atomic E-state index is 13.0. The summed E-state index contributed by atoms with van der Waals surface area (Å²) >= 11 is 0. The van der Waals surface area contributed by atoms with E-state index in [0.717, 1.165) is 0 Å². The van der Waals surface area contributed by atoms with Crippen LogP contribution in [0.3, 0.4) is 0 Å². The molecule has 3 rings (SSSR count). The minimum absolute atomic E-state index is 0.272. The van der Waals surface area contributed by atoms with E-state index < -0.39 is 11.8 Å². The predicted octanol–water partition coefficient (Wildman–Crippen LogP) is 2.77. The third-order valence-electron chi connectivity index (χ3n) is 3.76. The number of halogens is 1. The summed E-state index contributed by atoms with van der Waals surface area (Å²) in [6.07, 6.45) is 1.31. The second-order valence-electron chi connectivity index (χ2n) is 5.53. The van der Waals surface area contributed by atoms with E-state index in [-0.39, 0.29) is 28.1 Å². The van der Waals surface area contributed by atoms with Crippen LogP contribution in [0.4, 0.5) is 10.1 Å². The second-order valence-corrected chi connectivity index (χ2v) is 5.53. The van der Waals surface area contributed by atoms with Crippen molar-refractivity contribution in [3.63, 3.8) is 0 Å². The number of aromatic amines is 1. The van der Waals surface area contributed by atoms with Crippen LogP contribution in [0.5, 0.6) is 5.75 Å². The number of carboxylic acid groups (broad SMARTS) is 1. The van der Waals surface area contributed by atoms with Crippen LogP contribution in [0.15, 0.2) is 52.3 Å². The Morgan fingerprint density at radius 1 is 1.23 bits per heavy atom. The Morgan fingerprint density at radius 3 is 2.58 bits per heavy atom. The van der Waals surface area contributed by atoms with Crippen LogP contribution >= 0.6 is 0 Å². The van der Waals surface area contributed by atoms with Gasteiger partial charge in [0.1, 0.15) is 17.1 Å². The summed E-state index contributed by atoms with van der Waals surface area (Å²) in [5.74, 6) is -2.06. The molecule has 8 heteroatoms. The Kier molecular flexibility index (Phi) is 4.40. The van der Waals surface area contributed by atoms with E-state index in [1.165, 1.54) is 53.4 Å². The molecule has 1 aromatic heterocycles. The Hall–Kier alpha value is -3.68. The van der Waals surface area contributed by atoms with Gasteiger partial charge in [0.25, 0.3) is 5.56 Å². The number of hydrogen-bond donors (Lipinski definition) is 3. The van der Waals surface area contributed by atoms with E-state index in [1.807, 2.05) is 0 Å². The van der Waals surface area contributed by atoms with Crippen molar-refractivity contribution in [2.45, 2.75) is 6.92 Å². The number of aromatic nitrogens is 2. The van der Waals surface area contributed by atoms with E-state index in [4.69, 9.17) is 5.11 Å². The molecule has 1 heterocycles. The number of aromatic carboxylic acids is 1. The average molecular weight is 355 g/mol. The lowest BCUT2D eigenvalue weighted by atomic mass is 10.2. The number of carboxylic acids is 1. The molecule has 0 bridgehead atoms. The van der Waals surface area contributed by atoms with Crippen LogP contribution < -0.4 is 5.56 Å². The lowest BCUT2D eigenvalue weighted by molar-refractivity contribution is 0.0694. The molecule has 0 aliphatic rings. The SMILES string of the molecule is Cc1[nH]n(-c2ccc(F)cc2)c(=O)c1C=Nc1ccc(O)c(C(=O)O)c1. The highest BCUT2D eigenvalue weighted by atomic mass is 19.1. The van der Waals surface area contributed by atoms with Crippen molar-refractivity contribution in [2.75, 3.05) is 0 Å². The van der Waals surface area contributed by atoms with Gasteiger partial charge in [-0.05, 0) is 49.4 Å². The molecule has 0 amide bonds. The van der Waals surface area contributed by atoms with Gasteiger partial charge in [-0.2, -0.15) is 0 Å². The number of aryl methyl sites for hydroxylation is 1. The summed E-state index contributed by atoms with van der Waals surface area (Å²) in [6, 6.07) is 9.27. The van der Waals surface area contributed by atoms with Gasteiger partial charge in [-0.15, -0.1) is 0 Å². The van der Waals surface area contributed by atoms with Crippen LogP contribution in [0, 0.1) is 12.7 Å². The van der Waals surface area contributed by atoms with Crippen LogP contribution in [0.2, 0.25) is 0 Å². The zero-order chi connectivity index (χ0) is 18.8. The molecule has 3 N–H and O–H groups in total. The molecule has 0 spiro atoms. The van der Waals surface area contributed by atoms with Crippen molar-refractivity contribution < 1.29 is 19.4 Å². The first-order chi connectivity index (χ1) is 12.4. The monoisotopic (exact) mass is 355 g/mol. The van der Waals surface area contributed by atoms with Gasteiger partial charge in [0.2, 0.25) is 0 Å². The van der Waals surface area contributed by atoms with E-state index in [2.05, 4.69) is 10.1 Å². The highest BCUT2D eigenvalue weighted by molar-refractivity contribution is 5.92. The number of aliphatic imine (C=N–C) groups is 1. The van der Waals surface area contributed by atoms with E-state index in [1.54, 1.807) is 6.92 Å². The Bertz CT molecular complexity index is 1070. The number of hydrogen-bond acceptors (Lipinski definition) is 4. The summed E-state index contributed by atoms with van der Waals surface area (Å²) in [6.45, 7) is 1.68. The number of H-pyrrole nitrogens is 1. The van der Waals surface area contributed by atoms with Crippen LogP contribution in [-0.4, -0.2) is 32.2 Å². The summed E-state index contributed by atoms with van der Waals surface area (Å²) in [5.41, 5.74) is 0.898. The molecule has 132 valence electrons. The van der Waals surface area contributed by atoms with Crippen molar-refractivity contribution in [2.24, 2.45) is 4.99 Å². The Labute approximate surface area is 146 Å². The zero-order valence-electron chi connectivity index (χ0n) is 13.6. The number of phenols is 1. The normalized spacial score (nSPS) is 11.2. The number of carbonyl (C=O) groups is 1. The van der Waals surface area contributed by atoms with Crippen molar-refractivity contribution in [1.29, 1.82) is 0 Å². The molecule has 0 aliphatic carbocycles. The fourth-order valence-electron chi connectivity index (χ4n) is 2.40. The molecule has 0 saturated carbocycles. The minimum Gasteiger partial charge on any atom is -0.507 e. The Balaban J connectivity index is 1.97. The average Bonchev–Trinajstić information content (AvgIpc) is 2.89. The molecular formula is C18H14FN3O4. The van der Waals surface area contributed by atoms with E-state index in [9.17, 15) is 19.1 Å². The van der Waals surface area contributed by atoms with Gasteiger partial charge in [0, 0.05) is 11.9 Å². The fraction of sp³-hybridized carbons (Fsp3) is 0.0556. The summed E-state index contributed by atoms with van der Waals surface area (Å²) in [5, 5.41) is 21.4. The summed E-state index contributed by atoms with van der Waals surface area (Å²) < 4.78 is 14.3. The number of rotatable bonds is 4. The van der Waals surface area contributed by atoms with Gasteiger partial charge in [-0.25, -0.2) is 13.9 Å². The Morgan fingerprint density at radius 2 is 1.92 bits per heavy atom. The lowest BCUT2D eigenvalue weighted by Crippen LogP contribution is -2.17. The number of nitrogens with one attached hydrogen (secondary N) is 1. The highest BCUT2D eigenvalue weighted by Crippen LogP contribution is 2.23. The lowest BCUT2D eigenvalue weighted by Gasteiger charge is -2.00. The molecule has 2 aromatic carbocycles.